The number of fused-ring (bicyclic) bond motifs is 1. The second kappa shape index (κ2) is 8.16. The first-order valence-corrected chi connectivity index (χ1v) is 10.2. The van der Waals surface area contributed by atoms with Gasteiger partial charge in [0.25, 0.3) is 10.0 Å². The Morgan fingerprint density at radius 3 is 2.38 bits per heavy atom. The van der Waals surface area contributed by atoms with Gasteiger partial charge in [0, 0.05) is 11.3 Å². The van der Waals surface area contributed by atoms with Gasteiger partial charge in [-0.05, 0) is 42.3 Å². The first kappa shape index (κ1) is 20.7. The number of nitrogens with zero attached hydrogens (tertiary/aromatic N) is 1. The smallest absolute Gasteiger partial charge is 0.387 e. The topological polar surface area (TPSA) is 96.9 Å². The Bertz CT molecular complexity index is 1040. The summed E-state index contributed by atoms with van der Waals surface area (Å²) in [6, 6.07) is 11.0. The summed E-state index contributed by atoms with van der Waals surface area (Å²) in [4.78, 5) is 17.2. The van der Waals surface area contributed by atoms with Crippen molar-refractivity contribution >= 4 is 27.5 Å². The van der Waals surface area contributed by atoms with Gasteiger partial charge in [-0.25, -0.2) is 8.42 Å². The van der Waals surface area contributed by atoms with Crippen molar-refractivity contribution in [3.63, 3.8) is 0 Å². The number of hydrogen-bond acceptors (Lipinski definition) is 5. The average molecular weight is 423 g/mol. The Kier molecular flexibility index (Phi) is 5.83. The molecule has 154 valence electrons. The number of carbonyl (C=O) groups excluding carboxylic acids is 1. The van der Waals surface area contributed by atoms with E-state index >= 15 is 0 Å². The second-order valence-electron chi connectivity index (χ2n) is 6.66. The van der Waals surface area contributed by atoms with Crippen molar-refractivity contribution in [1.29, 1.82) is 0 Å². The van der Waals surface area contributed by atoms with Crippen LogP contribution in [0.25, 0.3) is 0 Å². The van der Waals surface area contributed by atoms with Gasteiger partial charge < -0.3 is 10.1 Å². The molecule has 0 fully saturated rings. The summed E-state index contributed by atoms with van der Waals surface area (Å²) in [5.41, 5.74) is 0.773. The molecular formula is C19H19F2N3O4S. The summed E-state index contributed by atoms with van der Waals surface area (Å²) in [5, 5.41) is 2.66. The zero-order valence-electron chi connectivity index (χ0n) is 15.6. The van der Waals surface area contributed by atoms with Crippen LogP contribution in [0.5, 0.6) is 5.75 Å². The molecule has 0 unspecified atom stereocenters. The number of halogens is 2. The zero-order chi connectivity index (χ0) is 21.2. The second-order valence-corrected chi connectivity index (χ2v) is 8.31. The summed E-state index contributed by atoms with van der Waals surface area (Å²) >= 11 is 0. The van der Waals surface area contributed by atoms with E-state index in [1.165, 1.54) is 30.3 Å². The number of nitrogens with one attached hydrogen (secondary N) is 2. The van der Waals surface area contributed by atoms with Gasteiger partial charge in [0.15, 0.2) is 0 Å². The number of amides is 1. The van der Waals surface area contributed by atoms with E-state index in [9.17, 15) is 22.0 Å². The van der Waals surface area contributed by atoms with Crippen LogP contribution in [0.3, 0.4) is 0 Å². The van der Waals surface area contributed by atoms with Gasteiger partial charge in [0.05, 0.1) is 4.90 Å². The van der Waals surface area contributed by atoms with E-state index < -0.39 is 28.6 Å². The molecule has 10 heteroatoms. The molecule has 0 saturated carbocycles. The Balaban J connectivity index is 1.82. The molecule has 7 nitrogen and oxygen atoms in total. The van der Waals surface area contributed by atoms with Crippen LogP contribution in [0.15, 0.2) is 58.4 Å². The molecule has 1 aliphatic rings. The van der Waals surface area contributed by atoms with Crippen molar-refractivity contribution < 1.29 is 26.7 Å². The quantitative estimate of drug-likeness (QED) is 0.747. The lowest BCUT2D eigenvalue weighted by atomic mass is 10.0. The summed E-state index contributed by atoms with van der Waals surface area (Å²) in [5.74, 6) is -0.620. The van der Waals surface area contributed by atoms with Crippen LogP contribution in [0.1, 0.15) is 19.4 Å². The van der Waals surface area contributed by atoms with E-state index in [1.807, 2.05) is 0 Å². The molecule has 2 aromatic rings. The molecule has 1 amide bonds. The van der Waals surface area contributed by atoms with E-state index in [-0.39, 0.29) is 22.4 Å². The highest BCUT2D eigenvalue weighted by molar-refractivity contribution is 7.90. The summed E-state index contributed by atoms with van der Waals surface area (Å²) < 4.78 is 55.5. The number of hydrogen-bond donors (Lipinski definition) is 2. The van der Waals surface area contributed by atoms with Crippen LogP contribution in [-0.4, -0.2) is 32.8 Å². The van der Waals surface area contributed by atoms with Gasteiger partial charge >= 0.3 is 6.61 Å². The number of benzene rings is 2. The van der Waals surface area contributed by atoms with Crippen LogP contribution in [0.4, 0.5) is 14.5 Å². The maximum Gasteiger partial charge on any atom is 0.387 e. The maximum absolute atomic E-state index is 12.7. The number of alkyl halides is 2. The number of anilines is 1. The Labute approximate surface area is 166 Å². The summed E-state index contributed by atoms with van der Waals surface area (Å²) in [6.07, 6.45) is 0. The SMILES string of the molecule is CC(C)[C@H](N=C1NS(=O)(=O)c2ccccc21)C(=O)Nc1ccc(OC(F)F)cc1. The first-order valence-electron chi connectivity index (χ1n) is 8.73. The third kappa shape index (κ3) is 4.70. The van der Waals surface area contributed by atoms with Gasteiger partial charge in [-0.15, -0.1) is 0 Å². The Morgan fingerprint density at radius 2 is 1.76 bits per heavy atom. The first-order chi connectivity index (χ1) is 13.7. The van der Waals surface area contributed by atoms with Crippen LogP contribution in [0.2, 0.25) is 0 Å². The third-order valence-corrected chi connectivity index (χ3v) is 5.58. The van der Waals surface area contributed by atoms with Gasteiger partial charge in [-0.2, -0.15) is 8.78 Å². The number of aliphatic imine (C=N–C) groups is 1. The number of rotatable bonds is 6. The molecule has 1 atom stereocenters. The van der Waals surface area contributed by atoms with E-state index in [0.29, 0.717) is 11.3 Å². The lowest BCUT2D eigenvalue weighted by Crippen LogP contribution is -2.34. The molecule has 2 aromatic carbocycles. The fraction of sp³-hybridized carbons (Fsp3) is 0.263. The van der Waals surface area contributed by atoms with E-state index in [0.717, 1.165) is 0 Å². The largest absolute Gasteiger partial charge is 0.435 e. The molecular weight excluding hydrogens is 404 g/mol. The zero-order valence-corrected chi connectivity index (χ0v) is 16.4. The minimum Gasteiger partial charge on any atom is -0.435 e. The van der Waals surface area contributed by atoms with Crippen molar-refractivity contribution in [1.82, 2.24) is 4.72 Å². The highest BCUT2D eigenvalue weighted by Gasteiger charge is 2.32. The predicted molar refractivity (Wildman–Crippen MR) is 104 cm³/mol. The standard InChI is InChI=1S/C19H19F2N3O4S/c1-11(2)16(18(25)22-12-7-9-13(10-8-12)28-19(20)21)23-17-14-5-3-4-6-15(14)29(26,27)24-17/h3-11,16,19H,1-2H3,(H,22,25)(H,23,24)/t16-/m0/s1. The number of ether oxygens (including phenoxy) is 1. The van der Waals surface area contributed by atoms with Crippen LogP contribution >= 0.6 is 0 Å². The maximum atomic E-state index is 12.7. The van der Waals surface area contributed by atoms with E-state index in [4.69, 9.17) is 0 Å². The normalized spacial score (nSPS) is 17.1. The van der Waals surface area contributed by atoms with Gasteiger partial charge in [0.1, 0.15) is 17.6 Å². The molecule has 0 spiro atoms. The Morgan fingerprint density at radius 1 is 1.10 bits per heavy atom. The molecule has 0 radical (unpaired) electrons. The van der Waals surface area contributed by atoms with Crippen molar-refractivity contribution in [2.75, 3.05) is 5.32 Å². The van der Waals surface area contributed by atoms with Crippen LogP contribution < -0.4 is 14.8 Å². The molecule has 2 N–H and O–H groups in total. The van der Waals surface area contributed by atoms with Crippen LogP contribution in [0, 0.1) is 5.92 Å². The number of carbonyl (C=O) groups is 1. The minimum absolute atomic E-state index is 0.0318. The third-order valence-electron chi connectivity index (χ3n) is 4.18. The fourth-order valence-corrected chi connectivity index (χ4v) is 4.05. The van der Waals surface area contributed by atoms with Crippen molar-refractivity contribution in [3.05, 3.63) is 54.1 Å². The molecule has 0 aliphatic carbocycles. The summed E-state index contributed by atoms with van der Waals surface area (Å²) in [6.45, 7) is 0.626. The molecule has 3 rings (SSSR count). The highest BCUT2D eigenvalue weighted by atomic mass is 32.2. The van der Waals surface area contributed by atoms with Gasteiger partial charge in [0.2, 0.25) is 5.91 Å². The van der Waals surface area contributed by atoms with Gasteiger partial charge in [-0.1, -0.05) is 26.0 Å². The molecule has 0 saturated heterocycles. The lowest BCUT2D eigenvalue weighted by molar-refractivity contribution is -0.118. The van der Waals surface area contributed by atoms with E-state index in [1.54, 1.807) is 32.0 Å². The van der Waals surface area contributed by atoms with Crippen molar-refractivity contribution in [3.8, 4) is 5.75 Å². The van der Waals surface area contributed by atoms with Crippen molar-refractivity contribution in [2.24, 2.45) is 10.9 Å². The molecule has 1 aliphatic heterocycles. The van der Waals surface area contributed by atoms with E-state index in [2.05, 4.69) is 19.8 Å². The highest BCUT2D eigenvalue weighted by Crippen LogP contribution is 2.24. The fourth-order valence-electron chi connectivity index (χ4n) is 2.82. The average Bonchev–Trinajstić information content (AvgIpc) is 2.91. The monoisotopic (exact) mass is 423 g/mol. The molecule has 0 bridgehead atoms. The minimum atomic E-state index is -3.71. The Hall–Kier alpha value is -3.01. The predicted octanol–water partition coefficient (Wildman–Crippen LogP) is 2.99. The molecule has 29 heavy (non-hydrogen) atoms. The number of sulfonamides is 1. The van der Waals surface area contributed by atoms with Crippen LogP contribution in [-0.2, 0) is 14.8 Å². The number of amidine groups is 1. The molecule has 1 heterocycles. The molecule has 0 aromatic heterocycles. The summed E-state index contributed by atoms with van der Waals surface area (Å²) in [7, 11) is -3.71. The van der Waals surface area contributed by atoms with Gasteiger partial charge in [-0.3, -0.25) is 14.5 Å². The lowest BCUT2D eigenvalue weighted by Gasteiger charge is -2.17. The van der Waals surface area contributed by atoms with Crippen molar-refractivity contribution in [2.45, 2.75) is 31.4 Å².